The second kappa shape index (κ2) is 4.56. The molecule has 0 saturated carbocycles. The topological polar surface area (TPSA) is 26.3 Å². The van der Waals surface area contributed by atoms with Gasteiger partial charge in [0.1, 0.15) is 0 Å². The van der Waals surface area contributed by atoms with Crippen LogP contribution in [0.3, 0.4) is 0 Å². The van der Waals surface area contributed by atoms with Crippen LogP contribution in [0.4, 0.5) is 0 Å². The number of hydrogen-bond donors (Lipinski definition) is 0. The fourth-order valence-electron chi connectivity index (χ4n) is 0.0680. The molecule has 0 fully saturated rings. The summed E-state index contributed by atoms with van der Waals surface area (Å²) in [7, 11) is 0. The summed E-state index contributed by atoms with van der Waals surface area (Å²) in [5.41, 5.74) is 0. The second-order valence-electron chi connectivity index (χ2n) is 0.552. The first-order valence-electron chi connectivity index (χ1n) is 1.47. The van der Waals surface area contributed by atoms with Crippen LogP contribution >= 0.6 is 0 Å². The molecule has 0 aromatic rings. The third-order valence-corrected chi connectivity index (χ3v) is 1.57. The fraction of sp³-hybridized carbons (Fsp3) is 1.00. The molecule has 0 radical (unpaired) electrons. The van der Waals surface area contributed by atoms with Gasteiger partial charge in [-0.25, -0.2) is 0 Å². The quantitative estimate of drug-likeness (QED) is 0.547. The van der Waals surface area contributed by atoms with Crippen LogP contribution in [0.25, 0.3) is 0 Å². The van der Waals surface area contributed by atoms with Crippen molar-refractivity contribution in [2.24, 2.45) is 0 Å². The van der Waals surface area contributed by atoms with Crippen molar-refractivity contribution in [2.75, 3.05) is 6.61 Å². The molecule has 5 heavy (non-hydrogen) atoms. The Labute approximate surface area is 41.7 Å². The Morgan fingerprint density at radius 3 is 2.60 bits per heavy atom. The summed E-state index contributed by atoms with van der Waals surface area (Å²) in [6.07, 6.45) is 0. The zero-order valence-corrected chi connectivity index (χ0v) is 6.40. The van der Waals surface area contributed by atoms with E-state index in [9.17, 15) is 3.08 Å². The molecule has 3 heteroatoms. The van der Waals surface area contributed by atoms with Crippen LogP contribution in [0.1, 0.15) is 6.92 Å². The van der Waals surface area contributed by atoms with Crippen molar-refractivity contribution in [2.45, 2.75) is 6.92 Å². The van der Waals surface area contributed by atoms with E-state index in [0.717, 1.165) is 0 Å². The van der Waals surface area contributed by atoms with Crippen molar-refractivity contribution in [1.82, 2.24) is 0 Å². The van der Waals surface area contributed by atoms with Crippen molar-refractivity contribution in [3.05, 3.63) is 0 Å². The molecule has 0 N–H and O–H groups in total. The van der Waals surface area contributed by atoms with Crippen LogP contribution in [0, 0.1) is 0 Å². The van der Waals surface area contributed by atoms with E-state index in [2.05, 4.69) is 3.07 Å². The van der Waals surface area contributed by atoms with Crippen molar-refractivity contribution in [1.29, 1.82) is 0 Å². The van der Waals surface area contributed by atoms with Crippen molar-refractivity contribution < 1.29 is 6.15 Å². The Bertz CT molecular complexity index is 28.8. The van der Waals surface area contributed by atoms with Gasteiger partial charge in [0.25, 0.3) is 0 Å². The Hall–Kier alpha value is 0.559. The van der Waals surface area contributed by atoms with Gasteiger partial charge in [0.2, 0.25) is 0 Å². The summed E-state index contributed by atoms with van der Waals surface area (Å²) in [5, 5.41) is 0. The summed E-state index contributed by atoms with van der Waals surface area (Å²) in [6.45, 7) is 2.45. The maximum absolute atomic E-state index is 9.50. The molecule has 0 saturated heterocycles. The van der Waals surface area contributed by atoms with Gasteiger partial charge < -0.3 is 0 Å². The van der Waals surface area contributed by atoms with Gasteiger partial charge in [-0.1, -0.05) is 0 Å². The van der Waals surface area contributed by atoms with E-state index in [1.807, 2.05) is 6.92 Å². The Kier molecular flexibility index (Phi) is 5.07. The molecule has 0 aliphatic carbocycles. The first-order valence-corrected chi connectivity index (χ1v) is 4.16. The first-order chi connectivity index (χ1) is 2.41. The molecular formula is C2H6O2Sn. The average Bonchev–Trinajstić information content (AvgIpc) is 1.41. The summed E-state index contributed by atoms with van der Waals surface area (Å²) in [5.74, 6) is 0. The molecule has 0 aromatic carbocycles. The zero-order chi connectivity index (χ0) is 4.12. The summed E-state index contributed by atoms with van der Waals surface area (Å²) >= 11 is -1.68. The van der Waals surface area contributed by atoms with Gasteiger partial charge in [-0.05, 0) is 0 Å². The molecule has 2 nitrogen and oxygen atoms in total. The van der Waals surface area contributed by atoms with Gasteiger partial charge in [-0.2, -0.15) is 0 Å². The van der Waals surface area contributed by atoms with Crippen molar-refractivity contribution in [3.63, 3.8) is 0 Å². The average molecular weight is 181 g/mol. The van der Waals surface area contributed by atoms with Crippen LogP contribution in [-0.4, -0.2) is 28.1 Å². The molecule has 0 aliphatic heterocycles. The molecule has 0 aromatic heterocycles. The molecule has 0 unspecified atom stereocenters. The molecule has 30 valence electrons. The van der Waals surface area contributed by atoms with Gasteiger partial charge in [-0.3, -0.25) is 0 Å². The van der Waals surface area contributed by atoms with Crippen LogP contribution < -0.4 is 0 Å². The fourth-order valence-corrected chi connectivity index (χ4v) is 0.456. The Morgan fingerprint density at radius 2 is 2.60 bits per heavy atom. The monoisotopic (exact) mass is 182 g/mol. The molecule has 0 rings (SSSR count). The standard InChI is InChI=1S/C2H5O.O.Sn.H/c1-2-3;;;/h2H2,1H3;;;/q-1;;+1;. The van der Waals surface area contributed by atoms with Crippen molar-refractivity contribution in [3.8, 4) is 0 Å². The predicted molar refractivity (Wildman–Crippen MR) is 19.5 cm³/mol. The van der Waals surface area contributed by atoms with Gasteiger partial charge in [0.05, 0.1) is 0 Å². The van der Waals surface area contributed by atoms with Gasteiger partial charge >= 0.3 is 41.2 Å². The minimum absolute atomic E-state index is 0.616. The second-order valence-corrected chi connectivity index (χ2v) is 2.05. The molecule has 0 amide bonds. The van der Waals surface area contributed by atoms with Crippen LogP contribution in [0.5, 0.6) is 0 Å². The van der Waals surface area contributed by atoms with E-state index in [1.54, 1.807) is 0 Å². The molecule has 0 atom stereocenters. The van der Waals surface area contributed by atoms with Crippen molar-refractivity contribution >= 4 is 21.5 Å². The third-order valence-electron chi connectivity index (χ3n) is 0.235. The summed E-state index contributed by atoms with van der Waals surface area (Å²) < 4.78 is 14.0. The SMILES string of the molecule is CC[O][SnH]=[O]. The van der Waals surface area contributed by atoms with Gasteiger partial charge in [0.15, 0.2) is 0 Å². The van der Waals surface area contributed by atoms with E-state index >= 15 is 0 Å². The van der Waals surface area contributed by atoms with E-state index in [1.165, 1.54) is 0 Å². The Morgan fingerprint density at radius 1 is 2.00 bits per heavy atom. The van der Waals surface area contributed by atoms with Gasteiger partial charge in [-0.15, -0.1) is 0 Å². The summed E-state index contributed by atoms with van der Waals surface area (Å²) in [4.78, 5) is 0. The molecule has 0 aliphatic rings. The zero-order valence-electron chi connectivity index (χ0n) is 3.10. The normalized spacial score (nSPS) is 7.40. The van der Waals surface area contributed by atoms with Crippen LogP contribution in [0.15, 0.2) is 0 Å². The maximum atomic E-state index is 9.50. The molecule has 0 bridgehead atoms. The van der Waals surface area contributed by atoms with Gasteiger partial charge in [0, 0.05) is 0 Å². The Balaban J connectivity index is 2.40. The summed E-state index contributed by atoms with van der Waals surface area (Å²) in [6, 6.07) is 0. The van der Waals surface area contributed by atoms with E-state index in [4.69, 9.17) is 0 Å². The minimum atomic E-state index is -1.68. The first kappa shape index (κ1) is 5.56. The number of hydrogen-bond acceptors (Lipinski definition) is 2. The molecular weight excluding hydrogens is 175 g/mol. The van der Waals surface area contributed by atoms with E-state index < -0.39 is 21.5 Å². The van der Waals surface area contributed by atoms with E-state index in [-0.39, 0.29) is 0 Å². The predicted octanol–water partition coefficient (Wildman–Crippen LogP) is -0.280. The molecule has 0 heterocycles. The molecule has 0 spiro atoms. The van der Waals surface area contributed by atoms with Crippen LogP contribution in [0.2, 0.25) is 0 Å². The number of rotatable bonds is 2. The third kappa shape index (κ3) is 4.56. The van der Waals surface area contributed by atoms with Crippen LogP contribution in [-0.2, 0) is 6.15 Å². The van der Waals surface area contributed by atoms with E-state index in [0.29, 0.717) is 6.61 Å².